The normalized spacial score (nSPS) is 13.1. The molecule has 0 radical (unpaired) electrons. The summed E-state index contributed by atoms with van der Waals surface area (Å²) in [6.07, 6.45) is 9.79. The summed E-state index contributed by atoms with van der Waals surface area (Å²) in [6.45, 7) is 2.21. The summed E-state index contributed by atoms with van der Waals surface area (Å²) in [5.41, 5.74) is -0.822. The van der Waals surface area contributed by atoms with Crippen LogP contribution in [0.3, 0.4) is 0 Å². The molecule has 0 saturated carbocycles. The van der Waals surface area contributed by atoms with Crippen molar-refractivity contribution in [1.29, 1.82) is 0 Å². The van der Waals surface area contributed by atoms with Gasteiger partial charge in [-0.15, -0.1) is 0 Å². The van der Waals surface area contributed by atoms with Gasteiger partial charge in [0.2, 0.25) is 0 Å². The fraction of sp³-hybridized carbons (Fsp3) is 0.933. The fourth-order valence-corrected chi connectivity index (χ4v) is 3.86. The van der Waals surface area contributed by atoms with Crippen LogP contribution in [0.1, 0.15) is 64.7 Å². The molecule has 0 N–H and O–H groups in total. The molecule has 0 spiro atoms. The van der Waals surface area contributed by atoms with Crippen molar-refractivity contribution >= 4 is 13.6 Å². The second kappa shape index (κ2) is 12.2. The molecule has 0 aromatic carbocycles. The van der Waals surface area contributed by atoms with Crippen LogP contribution < -0.4 is 0 Å². The van der Waals surface area contributed by atoms with Crippen LogP contribution in [-0.4, -0.2) is 33.0 Å². The highest BCUT2D eigenvalue weighted by molar-refractivity contribution is 7.55. The van der Waals surface area contributed by atoms with Gasteiger partial charge in [0.25, 0.3) is 0 Å². The zero-order valence-electron chi connectivity index (χ0n) is 13.9. The molecule has 0 amide bonds. The lowest BCUT2D eigenvalue weighted by Crippen LogP contribution is -2.24. The van der Waals surface area contributed by atoms with Gasteiger partial charge in [0, 0.05) is 14.2 Å². The zero-order chi connectivity index (χ0) is 16.1. The van der Waals surface area contributed by atoms with Gasteiger partial charge in [-0.2, -0.15) is 0 Å². The van der Waals surface area contributed by atoms with E-state index in [1.165, 1.54) is 53.4 Å². The van der Waals surface area contributed by atoms with Crippen LogP contribution in [-0.2, 0) is 23.1 Å². The Labute approximate surface area is 129 Å². The Balaban J connectivity index is 4.10. The van der Waals surface area contributed by atoms with E-state index in [9.17, 15) is 9.36 Å². The molecule has 1 atom stereocenters. The first-order valence-electron chi connectivity index (χ1n) is 7.84. The summed E-state index contributed by atoms with van der Waals surface area (Å²) in [7, 11) is 0.481. The van der Waals surface area contributed by atoms with E-state index < -0.39 is 19.2 Å². The van der Waals surface area contributed by atoms with Gasteiger partial charge in [0.05, 0.1) is 7.11 Å². The van der Waals surface area contributed by atoms with Gasteiger partial charge in [-0.3, -0.25) is 9.36 Å². The van der Waals surface area contributed by atoms with Gasteiger partial charge < -0.3 is 13.8 Å². The van der Waals surface area contributed by atoms with E-state index in [0.29, 0.717) is 6.42 Å². The third kappa shape index (κ3) is 7.98. The maximum Gasteiger partial charge on any atom is 0.344 e. The van der Waals surface area contributed by atoms with E-state index in [1.54, 1.807) is 0 Å². The molecule has 0 aromatic heterocycles. The van der Waals surface area contributed by atoms with Gasteiger partial charge in [0.15, 0.2) is 5.66 Å². The Bertz CT molecular complexity index is 311. The van der Waals surface area contributed by atoms with Crippen LogP contribution in [0.2, 0.25) is 0 Å². The van der Waals surface area contributed by atoms with Crippen molar-refractivity contribution in [1.82, 2.24) is 0 Å². The maximum absolute atomic E-state index is 12.3. The molecular formula is C15H31O5P. The zero-order valence-corrected chi connectivity index (χ0v) is 14.8. The maximum atomic E-state index is 12.3. The van der Waals surface area contributed by atoms with Crippen molar-refractivity contribution < 1.29 is 23.1 Å². The van der Waals surface area contributed by atoms with Crippen LogP contribution in [0.15, 0.2) is 0 Å². The first kappa shape index (κ1) is 20.6. The minimum absolute atomic E-state index is 0.473. The number of hydrogen-bond acceptors (Lipinski definition) is 5. The Morgan fingerprint density at radius 2 is 1.38 bits per heavy atom. The molecule has 5 nitrogen and oxygen atoms in total. The lowest BCUT2D eigenvalue weighted by atomic mass is 10.1. The van der Waals surface area contributed by atoms with Crippen molar-refractivity contribution in [3.05, 3.63) is 0 Å². The first-order valence-corrected chi connectivity index (χ1v) is 9.45. The quantitative estimate of drug-likeness (QED) is 0.283. The lowest BCUT2D eigenvalue weighted by Gasteiger charge is -2.22. The molecule has 0 bridgehead atoms. The second-order valence-corrected chi connectivity index (χ2v) is 7.64. The van der Waals surface area contributed by atoms with Crippen LogP contribution in [0.25, 0.3) is 0 Å². The SMILES string of the molecule is CCCCCCCCCCC(C(=O)OC)P(=O)(OC)OC. The van der Waals surface area contributed by atoms with Crippen LogP contribution in [0.4, 0.5) is 0 Å². The molecule has 0 aliphatic rings. The molecule has 0 fully saturated rings. The lowest BCUT2D eigenvalue weighted by molar-refractivity contribution is -0.140. The molecule has 0 heterocycles. The number of unbranched alkanes of at least 4 members (excludes halogenated alkanes) is 7. The van der Waals surface area contributed by atoms with Crippen LogP contribution in [0.5, 0.6) is 0 Å². The number of carbonyl (C=O) groups excluding carboxylic acids is 1. The Kier molecular flexibility index (Phi) is 12.0. The smallest absolute Gasteiger partial charge is 0.344 e. The largest absolute Gasteiger partial charge is 0.468 e. The van der Waals surface area contributed by atoms with E-state index in [1.807, 2.05) is 0 Å². The minimum atomic E-state index is -3.41. The van der Waals surface area contributed by atoms with Crippen LogP contribution in [0, 0.1) is 0 Å². The van der Waals surface area contributed by atoms with Crippen LogP contribution >= 0.6 is 7.60 Å². The molecule has 0 aromatic rings. The number of ether oxygens (including phenoxy) is 1. The van der Waals surface area contributed by atoms with Gasteiger partial charge >= 0.3 is 13.6 Å². The number of rotatable bonds is 13. The average molecular weight is 322 g/mol. The summed E-state index contributed by atoms with van der Waals surface area (Å²) >= 11 is 0. The van der Waals surface area contributed by atoms with E-state index in [2.05, 4.69) is 6.92 Å². The average Bonchev–Trinajstić information content (AvgIpc) is 2.52. The van der Waals surface area contributed by atoms with E-state index in [-0.39, 0.29) is 0 Å². The van der Waals surface area contributed by atoms with Gasteiger partial charge in [0.1, 0.15) is 0 Å². The molecule has 21 heavy (non-hydrogen) atoms. The highest BCUT2D eigenvalue weighted by atomic mass is 31.2. The Morgan fingerprint density at radius 3 is 1.81 bits per heavy atom. The highest BCUT2D eigenvalue weighted by Gasteiger charge is 2.40. The van der Waals surface area contributed by atoms with Crippen molar-refractivity contribution in [2.75, 3.05) is 21.3 Å². The topological polar surface area (TPSA) is 61.8 Å². The van der Waals surface area contributed by atoms with E-state index in [0.717, 1.165) is 19.3 Å². The van der Waals surface area contributed by atoms with Gasteiger partial charge in [-0.25, -0.2) is 0 Å². The number of esters is 1. The summed E-state index contributed by atoms with van der Waals surface area (Å²) in [5, 5.41) is 0. The van der Waals surface area contributed by atoms with Crippen molar-refractivity contribution in [3.8, 4) is 0 Å². The Hall–Kier alpha value is -0.380. The molecule has 6 heteroatoms. The fourth-order valence-electron chi connectivity index (χ4n) is 2.34. The first-order chi connectivity index (χ1) is 10.1. The molecule has 126 valence electrons. The summed E-state index contributed by atoms with van der Waals surface area (Å²) in [5.74, 6) is -0.523. The van der Waals surface area contributed by atoms with E-state index in [4.69, 9.17) is 13.8 Å². The number of carbonyl (C=O) groups is 1. The molecule has 0 rings (SSSR count). The molecule has 0 aliphatic carbocycles. The predicted octanol–water partition coefficient (Wildman–Crippen LogP) is 4.54. The second-order valence-electron chi connectivity index (χ2n) is 5.21. The van der Waals surface area contributed by atoms with Gasteiger partial charge in [-0.1, -0.05) is 58.3 Å². The third-order valence-electron chi connectivity index (χ3n) is 3.70. The predicted molar refractivity (Wildman–Crippen MR) is 84.7 cm³/mol. The summed E-state index contributed by atoms with van der Waals surface area (Å²) in [6, 6.07) is 0. The molecule has 0 aliphatic heterocycles. The highest BCUT2D eigenvalue weighted by Crippen LogP contribution is 2.53. The number of methoxy groups -OCH3 is 1. The summed E-state index contributed by atoms with van der Waals surface area (Å²) in [4.78, 5) is 11.8. The van der Waals surface area contributed by atoms with Crippen molar-refractivity contribution in [2.45, 2.75) is 70.4 Å². The van der Waals surface area contributed by atoms with Crippen molar-refractivity contribution in [2.24, 2.45) is 0 Å². The standard InChI is InChI=1S/C15H31O5P/c1-5-6-7-8-9-10-11-12-13-14(15(16)18-2)21(17,19-3)20-4/h14H,5-13H2,1-4H3. The van der Waals surface area contributed by atoms with Crippen molar-refractivity contribution in [3.63, 3.8) is 0 Å². The summed E-state index contributed by atoms with van der Waals surface area (Å²) < 4.78 is 26.9. The third-order valence-corrected chi connectivity index (χ3v) is 5.95. The minimum Gasteiger partial charge on any atom is -0.468 e. The number of hydrogen-bond donors (Lipinski definition) is 0. The van der Waals surface area contributed by atoms with E-state index >= 15 is 0 Å². The molecule has 0 saturated heterocycles. The van der Waals surface area contributed by atoms with Gasteiger partial charge in [-0.05, 0) is 6.42 Å². The molecule has 1 unspecified atom stereocenters. The monoisotopic (exact) mass is 322 g/mol. The molecular weight excluding hydrogens is 291 g/mol. The Morgan fingerprint density at radius 1 is 0.905 bits per heavy atom.